The molecule has 0 aromatic heterocycles. The fraction of sp³-hybridized carbons (Fsp3) is 0.300. The molecule has 2 radical (unpaired) electrons. The van der Waals surface area contributed by atoms with E-state index in [0.29, 0.717) is 6.32 Å². The van der Waals surface area contributed by atoms with Gasteiger partial charge in [0.2, 0.25) is 0 Å². The maximum absolute atomic E-state index is 12.2. The van der Waals surface area contributed by atoms with Gasteiger partial charge >= 0.3 is 6.18 Å². The van der Waals surface area contributed by atoms with E-state index in [2.05, 4.69) is 6.92 Å². The minimum absolute atomic E-state index is 0. The molecule has 1 aromatic rings. The molecule has 1 atom stereocenters. The molecular formula is C10H9BF3W-. The Morgan fingerprint density at radius 3 is 2.00 bits per heavy atom. The zero-order valence-electron chi connectivity index (χ0n) is 7.92. The van der Waals surface area contributed by atoms with Gasteiger partial charge in [0.25, 0.3) is 0 Å². The Kier molecular flexibility index (Phi) is 5.65. The summed E-state index contributed by atoms with van der Waals surface area (Å²) in [5.41, 5.74) is 0.0750. The molecular weight excluding hydrogens is 372 g/mol. The monoisotopic (exact) mass is 381 g/mol. The Labute approximate surface area is 103 Å². The van der Waals surface area contributed by atoms with Crippen LogP contribution in [0.3, 0.4) is 0 Å². The Morgan fingerprint density at radius 1 is 1.20 bits per heavy atom. The molecule has 1 rings (SSSR count). The number of halogens is 3. The van der Waals surface area contributed by atoms with E-state index in [9.17, 15) is 13.2 Å². The molecule has 0 spiro atoms. The topological polar surface area (TPSA) is 0 Å². The molecule has 0 aliphatic rings. The fourth-order valence-corrected chi connectivity index (χ4v) is 1.08. The van der Waals surface area contributed by atoms with Gasteiger partial charge in [0.1, 0.15) is 0 Å². The molecule has 0 aliphatic heterocycles. The van der Waals surface area contributed by atoms with Crippen molar-refractivity contribution in [2.75, 3.05) is 0 Å². The molecule has 0 aliphatic carbocycles. The first-order valence-electron chi connectivity index (χ1n) is 4.15. The molecule has 0 bridgehead atoms. The van der Waals surface area contributed by atoms with E-state index in [1.54, 1.807) is 0 Å². The summed E-state index contributed by atoms with van der Waals surface area (Å²) in [4.78, 5) is 0. The summed E-state index contributed by atoms with van der Waals surface area (Å²) < 4.78 is 36.5. The number of hydrogen-bond donors (Lipinski definition) is 0. The van der Waals surface area contributed by atoms with Crippen molar-refractivity contribution in [3.05, 3.63) is 42.3 Å². The van der Waals surface area contributed by atoms with Crippen molar-refractivity contribution in [3.8, 4) is 0 Å². The molecule has 0 amide bonds. The van der Waals surface area contributed by atoms with Crippen molar-refractivity contribution in [1.29, 1.82) is 0 Å². The molecule has 0 heterocycles. The summed E-state index contributed by atoms with van der Waals surface area (Å²) in [7, 11) is 5.34. The maximum Gasteiger partial charge on any atom is 0.416 e. The third-order valence-corrected chi connectivity index (χ3v) is 1.99. The Balaban J connectivity index is 0.00000196. The quantitative estimate of drug-likeness (QED) is 0.546. The van der Waals surface area contributed by atoms with Crippen molar-refractivity contribution in [3.63, 3.8) is 0 Å². The van der Waals surface area contributed by atoms with Gasteiger partial charge in [0.15, 0.2) is 0 Å². The van der Waals surface area contributed by atoms with Crippen molar-refractivity contribution in [2.45, 2.75) is 18.4 Å². The SMILES string of the molecule is [B]C[C@H]([CH2-])c1ccc(C(F)(F)F)cc1.[W]. The number of rotatable bonds is 2. The van der Waals surface area contributed by atoms with Crippen molar-refractivity contribution < 1.29 is 34.2 Å². The third-order valence-electron chi connectivity index (χ3n) is 1.99. The number of benzene rings is 1. The van der Waals surface area contributed by atoms with E-state index < -0.39 is 11.7 Å². The number of hydrogen-bond acceptors (Lipinski definition) is 0. The third kappa shape index (κ3) is 4.02. The summed E-state index contributed by atoms with van der Waals surface area (Å²) in [6.07, 6.45) is -3.96. The minimum atomic E-state index is -4.28. The van der Waals surface area contributed by atoms with Gasteiger partial charge in [0.05, 0.1) is 13.4 Å². The zero-order valence-corrected chi connectivity index (χ0v) is 10.9. The van der Waals surface area contributed by atoms with E-state index in [-0.39, 0.29) is 27.0 Å². The molecule has 80 valence electrons. The van der Waals surface area contributed by atoms with Crippen LogP contribution in [0.2, 0.25) is 6.32 Å². The summed E-state index contributed by atoms with van der Waals surface area (Å²) in [5, 5.41) is 0. The summed E-state index contributed by atoms with van der Waals surface area (Å²) >= 11 is 0. The van der Waals surface area contributed by atoms with Crippen LogP contribution >= 0.6 is 0 Å². The normalized spacial score (nSPS) is 13.1. The van der Waals surface area contributed by atoms with Crippen LogP contribution in [0, 0.1) is 6.92 Å². The molecule has 0 saturated carbocycles. The van der Waals surface area contributed by atoms with Crippen LogP contribution in [-0.2, 0) is 27.2 Å². The fourth-order valence-electron chi connectivity index (χ4n) is 1.08. The molecule has 0 N–H and O–H groups in total. The predicted molar refractivity (Wildman–Crippen MR) is 50.1 cm³/mol. The van der Waals surface area contributed by atoms with Crippen molar-refractivity contribution in [1.82, 2.24) is 0 Å². The van der Waals surface area contributed by atoms with Crippen LogP contribution in [0.1, 0.15) is 17.0 Å². The van der Waals surface area contributed by atoms with Gasteiger partial charge in [-0.25, -0.2) is 0 Å². The van der Waals surface area contributed by atoms with E-state index in [0.717, 1.165) is 17.7 Å². The van der Waals surface area contributed by atoms with Gasteiger partial charge in [-0.2, -0.15) is 19.1 Å². The van der Waals surface area contributed by atoms with Crippen LogP contribution in [-0.4, -0.2) is 7.85 Å². The van der Waals surface area contributed by atoms with Gasteiger partial charge in [-0.1, -0.05) is 17.7 Å². The summed E-state index contributed by atoms with van der Waals surface area (Å²) in [6, 6.07) is 4.91. The largest absolute Gasteiger partial charge is 0.416 e. The average Bonchev–Trinajstić information content (AvgIpc) is 2.15. The van der Waals surface area contributed by atoms with Crippen LogP contribution in [0.25, 0.3) is 0 Å². The average molecular weight is 381 g/mol. The van der Waals surface area contributed by atoms with Crippen LogP contribution in [0.4, 0.5) is 13.2 Å². The second-order valence-electron chi connectivity index (χ2n) is 3.05. The molecule has 1 aromatic carbocycles. The predicted octanol–water partition coefficient (Wildman–Crippen LogP) is 3.21. The van der Waals surface area contributed by atoms with E-state index in [1.165, 1.54) is 12.1 Å². The minimum Gasteiger partial charge on any atom is -0.337 e. The molecule has 0 nitrogen and oxygen atoms in total. The van der Waals surface area contributed by atoms with Gasteiger partial charge in [-0.05, 0) is 12.1 Å². The smallest absolute Gasteiger partial charge is 0.337 e. The van der Waals surface area contributed by atoms with Gasteiger partial charge in [-0.3, -0.25) is 0 Å². The van der Waals surface area contributed by atoms with Gasteiger partial charge < -0.3 is 6.92 Å². The molecule has 15 heavy (non-hydrogen) atoms. The summed E-state index contributed by atoms with van der Waals surface area (Å²) in [6.45, 7) is 3.71. The van der Waals surface area contributed by atoms with Crippen molar-refractivity contribution in [2.24, 2.45) is 0 Å². The standard InChI is InChI=1S/C10H9BF3.W/c1-7(6-11)8-2-4-9(5-3-8)10(12,13)14;/h2-5,7H,1,6H2;/q-1;/t7-;/m0./s1. The van der Waals surface area contributed by atoms with Crippen LogP contribution in [0.15, 0.2) is 24.3 Å². The molecule has 0 unspecified atom stereocenters. The van der Waals surface area contributed by atoms with Crippen LogP contribution in [0.5, 0.6) is 0 Å². The maximum atomic E-state index is 12.2. The number of alkyl halides is 3. The Bertz CT molecular complexity index is 295. The first kappa shape index (κ1) is 14.8. The first-order chi connectivity index (χ1) is 6.45. The van der Waals surface area contributed by atoms with Crippen LogP contribution < -0.4 is 0 Å². The van der Waals surface area contributed by atoms with Gasteiger partial charge in [-0.15, -0.1) is 6.32 Å². The second kappa shape index (κ2) is 5.74. The van der Waals surface area contributed by atoms with Crippen molar-refractivity contribution >= 4 is 7.85 Å². The summed E-state index contributed by atoms with van der Waals surface area (Å²) in [5.74, 6) is -0.155. The first-order valence-corrected chi connectivity index (χ1v) is 4.15. The molecule has 5 heteroatoms. The Hall–Kier alpha value is -0.237. The Morgan fingerprint density at radius 2 is 1.67 bits per heavy atom. The van der Waals surface area contributed by atoms with E-state index in [1.807, 2.05) is 0 Å². The zero-order chi connectivity index (χ0) is 10.8. The van der Waals surface area contributed by atoms with E-state index in [4.69, 9.17) is 7.85 Å². The molecule has 0 fully saturated rings. The second-order valence-corrected chi connectivity index (χ2v) is 3.05. The van der Waals surface area contributed by atoms with Gasteiger partial charge in [0, 0.05) is 21.1 Å². The molecule has 0 saturated heterocycles. The van der Waals surface area contributed by atoms with E-state index >= 15 is 0 Å².